The highest BCUT2D eigenvalue weighted by Crippen LogP contribution is 2.33. The molecule has 2 amide bonds. The third-order valence-corrected chi connectivity index (χ3v) is 9.24. The molecule has 0 radical (unpaired) electrons. The van der Waals surface area contributed by atoms with Crippen LogP contribution < -0.4 is 19.1 Å². The van der Waals surface area contributed by atoms with Crippen LogP contribution in [0.1, 0.15) is 32.3 Å². The maximum atomic E-state index is 14.2. The second kappa shape index (κ2) is 15.5. The lowest BCUT2D eigenvalue weighted by Crippen LogP contribution is -2.52. The molecule has 0 heterocycles. The lowest BCUT2D eigenvalue weighted by Gasteiger charge is -2.33. The van der Waals surface area contributed by atoms with Gasteiger partial charge in [-0.05, 0) is 66.9 Å². The van der Waals surface area contributed by atoms with E-state index in [1.807, 2.05) is 6.92 Å². The van der Waals surface area contributed by atoms with Crippen molar-refractivity contribution >= 4 is 62.3 Å². The Morgan fingerprint density at radius 1 is 0.884 bits per heavy atom. The summed E-state index contributed by atoms with van der Waals surface area (Å²) in [7, 11) is -1.51. The van der Waals surface area contributed by atoms with Crippen LogP contribution in [0.5, 0.6) is 11.5 Å². The predicted octanol–water partition coefficient (Wildman–Crippen LogP) is 6.19. The number of sulfonamides is 1. The second-order valence-corrected chi connectivity index (χ2v) is 12.6. The van der Waals surface area contributed by atoms with Crippen molar-refractivity contribution in [3.8, 4) is 11.5 Å². The Morgan fingerprint density at radius 2 is 1.53 bits per heavy atom. The summed E-state index contributed by atoms with van der Waals surface area (Å²) in [6.45, 7) is 3.43. The molecule has 0 aliphatic carbocycles. The fraction of sp³-hybridized carbons (Fsp3) is 0.333. The average molecular weight is 671 g/mol. The van der Waals surface area contributed by atoms with E-state index in [0.29, 0.717) is 39.3 Å². The minimum atomic E-state index is -4.34. The number of rotatable bonds is 14. The molecule has 0 aromatic heterocycles. The van der Waals surface area contributed by atoms with Gasteiger partial charge >= 0.3 is 0 Å². The molecule has 0 saturated carbocycles. The second-order valence-electron chi connectivity index (χ2n) is 9.48. The van der Waals surface area contributed by atoms with Gasteiger partial charge in [-0.2, -0.15) is 0 Å². The van der Waals surface area contributed by atoms with Crippen LogP contribution in [0.2, 0.25) is 15.1 Å². The van der Waals surface area contributed by atoms with Gasteiger partial charge in [0.1, 0.15) is 12.6 Å². The summed E-state index contributed by atoms with van der Waals surface area (Å²) in [4.78, 5) is 28.6. The Labute approximate surface area is 267 Å². The number of benzene rings is 3. The van der Waals surface area contributed by atoms with Gasteiger partial charge in [-0.3, -0.25) is 13.9 Å². The zero-order chi connectivity index (χ0) is 31.7. The lowest BCUT2D eigenvalue weighted by atomic mass is 10.1. The molecule has 3 aromatic carbocycles. The number of halogens is 3. The maximum Gasteiger partial charge on any atom is 0.264 e. The Balaban J connectivity index is 2.11. The largest absolute Gasteiger partial charge is 0.493 e. The van der Waals surface area contributed by atoms with Crippen LogP contribution in [-0.4, -0.2) is 58.5 Å². The third-order valence-electron chi connectivity index (χ3n) is 6.63. The van der Waals surface area contributed by atoms with E-state index in [4.69, 9.17) is 44.3 Å². The zero-order valence-corrected chi connectivity index (χ0v) is 27.4. The molecule has 0 aliphatic rings. The number of ether oxygens (including phenoxy) is 2. The average Bonchev–Trinajstić information content (AvgIpc) is 2.99. The highest BCUT2D eigenvalue weighted by atomic mass is 35.5. The van der Waals surface area contributed by atoms with Gasteiger partial charge in [0.05, 0.1) is 24.8 Å². The van der Waals surface area contributed by atoms with E-state index in [1.54, 1.807) is 25.1 Å². The molecule has 0 bridgehead atoms. The van der Waals surface area contributed by atoms with Crippen LogP contribution in [0, 0.1) is 0 Å². The minimum absolute atomic E-state index is 0.0578. The van der Waals surface area contributed by atoms with Crippen LogP contribution in [-0.2, 0) is 26.2 Å². The highest BCUT2D eigenvalue weighted by molar-refractivity contribution is 7.92. The summed E-state index contributed by atoms with van der Waals surface area (Å²) in [5, 5.41) is 3.94. The minimum Gasteiger partial charge on any atom is -0.493 e. The monoisotopic (exact) mass is 669 g/mol. The summed E-state index contributed by atoms with van der Waals surface area (Å²) in [6, 6.07) is 14.1. The van der Waals surface area contributed by atoms with Crippen molar-refractivity contribution in [3.05, 3.63) is 81.3 Å². The van der Waals surface area contributed by atoms with Crippen LogP contribution in [0.15, 0.2) is 65.6 Å². The van der Waals surface area contributed by atoms with Crippen molar-refractivity contribution < 1.29 is 27.5 Å². The Kier molecular flexibility index (Phi) is 12.4. The quantitative estimate of drug-likeness (QED) is 0.219. The van der Waals surface area contributed by atoms with Crippen LogP contribution >= 0.6 is 34.8 Å². The maximum absolute atomic E-state index is 14.2. The van der Waals surface area contributed by atoms with Crippen LogP contribution in [0.4, 0.5) is 5.69 Å². The van der Waals surface area contributed by atoms with E-state index in [0.717, 1.165) is 4.31 Å². The first-order valence-electron chi connectivity index (χ1n) is 13.5. The van der Waals surface area contributed by atoms with E-state index in [9.17, 15) is 18.0 Å². The number of amides is 2. The molecule has 1 N–H and O–H groups in total. The van der Waals surface area contributed by atoms with Crippen molar-refractivity contribution in [1.82, 2.24) is 10.2 Å². The van der Waals surface area contributed by atoms with Crippen LogP contribution in [0.25, 0.3) is 0 Å². The van der Waals surface area contributed by atoms with Gasteiger partial charge in [-0.15, -0.1) is 0 Å². The summed E-state index contributed by atoms with van der Waals surface area (Å²) in [5.41, 5.74) is 0.738. The van der Waals surface area contributed by atoms with Crippen LogP contribution in [0.3, 0.4) is 0 Å². The summed E-state index contributed by atoms with van der Waals surface area (Å²) < 4.78 is 39.8. The van der Waals surface area contributed by atoms with E-state index >= 15 is 0 Å². The first-order chi connectivity index (χ1) is 20.5. The summed E-state index contributed by atoms with van der Waals surface area (Å²) in [5.74, 6) is -0.443. The van der Waals surface area contributed by atoms with Gasteiger partial charge in [-0.1, -0.05) is 54.7 Å². The van der Waals surface area contributed by atoms with Crippen molar-refractivity contribution in [2.45, 2.75) is 44.2 Å². The molecule has 3 aromatic rings. The number of carbonyl (C=O) groups excluding carboxylic acids is 2. The number of anilines is 1. The zero-order valence-electron chi connectivity index (χ0n) is 24.3. The Bertz CT molecular complexity index is 1540. The molecule has 0 saturated heterocycles. The van der Waals surface area contributed by atoms with E-state index in [-0.39, 0.29) is 35.2 Å². The molecule has 0 aliphatic heterocycles. The van der Waals surface area contributed by atoms with E-state index in [1.165, 1.54) is 61.6 Å². The smallest absolute Gasteiger partial charge is 0.264 e. The molecule has 0 fully saturated rings. The fourth-order valence-corrected chi connectivity index (χ4v) is 6.38. The third kappa shape index (κ3) is 8.47. The number of nitrogens with zero attached hydrogens (tertiary/aromatic N) is 2. The summed E-state index contributed by atoms with van der Waals surface area (Å²) >= 11 is 18.6. The molecular weight excluding hydrogens is 637 g/mol. The van der Waals surface area contributed by atoms with Gasteiger partial charge in [0, 0.05) is 34.2 Å². The molecule has 0 unspecified atom stereocenters. The van der Waals surface area contributed by atoms with Crippen molar-refractivity contribution in [1.29, 1.82) is 0 Å². The molecule has 232 valence electrons. The molecule has 9 nitrogen and oxygen atoms in total. The van der Waals surface area contributed by atoms with Gasteiger partial charge in [0.2, 0.25) is 11.8 Å². The van der Waals surface area contributed by atoms with E-state index in [2.05, 4.69) is 5.32 Å². The molecular formula is C30H34Cl3N3O6S. The standard InChI is InChI=1S/C30H34Cl3N3O6S/c1-5-15-34-30(38)26(6-2)35(18-20-7-8-22(32)16-25(20)33)29(37)19-36(23-11-9-21(31)10-12-23)43(39,40)24-13-14-27(41-3)28(17-24)42-4/h7-14,16-17,26H,5-6,15,18-19H2,1-4H3,(H,34,38)/t26-/m0/s1. The van der Waals surface area contributed by atoms with Gasteiger partial charge in [0.15, 0.2) is 11.5 Å². The van der Waals surface area contributed by atoms with Gasteiger partial charge in [-0.25, -0.2) is 8.42 Å². The number of methoxy groups -OCH3 is 2. The molecule has 13 heteroatoms. The van der Waals surface area contributed by atoms with Gasteiger partial charge in [0.25, 0.3) is 10.0 Å². The van der Waals surface area contributed by atoms with E-state index < -0.39 is 28.5 Å². The SMILES string of the molecule is CCCNC(=O)[C@H](CC)N(Cc1ccc(Cl)cc1Cl)C(=O)CN(c1ccc(Cl)cc1)S(=O)(=O)c1ccc(OC)c(OC)c1. The number of hydrogen-bond acceptors (Lipinski definition) is 6. The first kappa shape index (κ1) is 34.3. The Hall–Kier alpha value is -3.18. The first-order valence-corrected chi connectivity index (χ1v) is 16.1. The fourth-order valence-electron chi connectivity index (χ4n) is 4.36. The van der Waals surface area contributed by atoms with Crippen molar-refractivity contribution in [2.75, 3.05) is 31.6 Å². The predicted molar refractivity (Wildman–Crippen MR) is 170 cm³/mol. The lowest BCUT2D eigenvalue weighted by molar-refractivity contribution is -0.140. The Morgan fingerprint density at radius 3 is 2.12 bits per heavy atom. The number of nitrogens with one attached hydrogen (secondary N) is 1. The molecule has 43 heavy (non-hydrogen) atoms. The molecule has 1 atom stereocenters. The van der Waals surface area contributed by atoms with Crippen molar-refractivity contribution in [3.63, 3.8) is 0 Å². The van der Waals surface area contributed by atoms with Gasteiger partial charge < -0.3 is 19.7 Å². The van der Waals surface area contributed by atoms with Crippen molar-refractivity contribution in [2.24, 2.45) is 0 Å². The molecule has 0 spiro atoms. The normalized spacial score (nSPS) is 11.9. The topological polar surface area (TPSA) is 105 Å². The highest BCUT2D eigenvalue weighted by Gasteiger charge is 2.34. The number of hydrogen-bond donors (Lipinski definition) is 1. The summed E-state index contributed by atoms with van der Waals surface area (Å²) in [6.07, 6.45) is 0.975. The number of carbonyl (C=O) groups is 2. The molecule has 3 rings (SSSR count).